The molecule has 2 amide bonds. The lowest BCUT2D eigenvalue weighted by Gasteiger charge is -2.24. The molecule has 0 aromatic heterocycles. The number of aliphatic hydroxyl groups excluding tert-OH is 2. The van der Waals surface area contributed by atoms with Crippen molar-refractivity contribution in [3.05, 3.63) is 119 Å². The Kier molecular flexibility index (Phi) is 7.82. The van der Waals surface area contributed by atoms with Crippen LogP contribution >= 0.6 is 0 Å². The highest BCUT2D eigenvalue weighted by Gasteiger charge is 2.34. The summed E-state index contributed by atoms with van der Waals surface area (Å²) < 4.78 is 0. The summed E-state index contributed by atoms with van der Waals surface area (Å²) in [6, 6.07) is 30.2. The van der Waals surface area contributed by atoms with E-state index in [1.165, 1.54) is 0 Å². The average molecular weight is 509 g/mol. The van der Waals surface area contributed by atoms with Crippen LogP contribution in [0, 0.1) is 5.92 Å². The number of carbonyl (C=O) groups excluding carboxylic acids is 2. The number of rotatable bonds is 9. The van der Waals surface area contributed by atoms with Crippen molar-refractivity contribution in [1.82, 2.24) is 10.6 Å². The summed E-state index contributed by atoms with van der Waals surface area (Å²) in [4.78, 5) is 26.2. The van der Waals surface area contributed by atoms with E-state index in [4.69, 9.17) is 0 Å². The van der Waals surface area contributed by atoms with E-state index in [0.29, 0.717) is 18.4 Å². The zero-order valence-corrected chi connectivity index (χ0v) is 21.1. The van der Waals surface area contributed by atoms with Crippen LogP contribution in [0.25, 0.3) is 10.8 Å². The predicted octanol–water partition coefficient (Wildman–Crippen LogP) is 3.95. The van der Waals surface area contributed by atoms with E-state index in [1.54, 1.807) is 6.07 Å². The Bertz CT molecular complexity index is 1420. The number of hydrogen-bond donors (Lipinski definition) is 4. The van der Waals surface area contributed by atoms with E-state index in [-0.39, 0.29) is 24.8 Å². The van der Waals surface area contributed by atoms with Gasteiger partial charge in [0.2, 0.25) is 5.91 Å². The van der Waals surface area contributed by atoms with Crippen molar-refractivity contribution >= 4 is 22.6 Å². The van der Waals surface area contributed by atoms with Gasteiger partial charge in [-0.1, -0.05) is 84.9 Å². The highest BCUT2D eigenvalue weighted by molar-refractivity contribution is 5.98. The summed E-state index contributed by atoms with van der Waals surface area (Å²) in [6.07, 6.45) is -0.510. The third-order valence-corrected chi connectivity index (χ3v) is 7.26. The maximum Gasteiger partial charge on any atom is 0.251 e. The fourth-order valence-electron chi connectivity index (χ4n) is 5.26. The Labute approximate surface area is 222 Å². The molecule has 0 aliphatic heterocycles. The van der Waals surface area contributed by atoms with Gasteiger partial charge in [-0.25, -0.2) is 0 Å². The first-order chi connectivity index (χ1) is 18.5. The number of hydrogen-bond acceptors (Lipinski definition) is 4. The Morgan fingerprint density at radius 1 is 0.868 bits per heavy atom. The lowest BCUT2D eigenvalue weighted by atomic mass is 9.92. The summed E-state index contributed by atoms with van der Waals surface area (Å²) in [5.41, 5.74) is 3.45. The number of carbonyl (C=O) groups is 2. The molecule has 0 spiro atoms. The summed E-state index contributed by atoms with van der Waals surface area (Å²) in [5.74, 6) is -1.04. The molecule has 1 aliphatic carbocycles. The van der Waals surface area contributed by atoms with Crippen LogP contribution in [0.5, 0.6) is 0 Å². The number of benzene rings is 4. The van der Waals surface area contributed by atoms with Crippen LogP contribution in [0.3, 0.4) is 0 Å². The normalized spacial score (nSPS) is 17.9. The predicted molar refractivity (Wildman–Crippen MR) is 148 cm³/mol. The molecule has 4 aromatic carbocycles. The first-order valence-corrected chi connectivity index (χ1v) is 13.0. The Balaban J connectivity index is 1.24. The molecule has 194 valence electrons. The minimum absolute atomic E-state index is 0.0269. The molecule has 0 unspecified atom stereocenters. The number of nitrogens with one attached hydrogen (secondary N) is 2. The quantitative estimate of drug-likeness (QED) is 0.275. The van der Waals surface area contributed by atoms with Crippen LogP contribution in [0.2, 0.25) is 0 Å². The van der Waals surface area contributed by atoms with Gasteiger partial charge in [-0.15, -0.1) is 0 Å². The lowest BCUT2D eigenvalue weighted by Crippen LogP contribution is -2.41. The van der Waals surface area contributed by atoms with Crippen LogP contribution in [-0.2, 0) is 17.6 Å². The number of fused-ring (bicyclic) bond motifs is 2. The van der Waals surface area contributed by atoms with E-state index >= 15 is 0 Å². The van der Waals surface area contributed by atoms with Crippen molar-refractivity contribution in [1.29, 1.82) is 0 Å². The topological polar surface area (TPSA) is 98.7 Å². The summed E-state index contributed by atoms with van der Waals surface area (Å²) >= 11 is 0. The van der Waals surface area contributed by atoms with Gasteiger partial charge in [-0.05, 0) is 52.4 Å². The van der Waals surface area contributed by atoms with E-state index in [0.717, 1.165) is 27.5 Å². The van der Waals surface area contributed by atoms with Gasteiger partial charge in [0.1, 0.15) is 0 Å². The summed E-state index contributed by atoms with van der Waals surface area (Å²) in [5, 5.41) is 29.3. The molecule has 0 radical (unpaired) electrons. The standard InChI is InChI=1S/C32H32N2O4/c35-27(20-33-31(37)25-15-14-22-10-4-5-11-23(22)17-25)18-26(16-21-8-2-1-3-9-21)32(38)34-30-28-13-7-6-12-24(28)19-29(30)36/h1-15,17,26-27,29-30,35-36H,16,18-20H2,(H,33,37)(H,34,38)/t26-,27+,29-,30+/m1/s1. The second-order valence-electron chi connectivity index (χ2n) is 10.0. The van der Waals surface area contributed by atoms with Gasteiger partial charge in [0, 0.05) is 24.4 Å². The van der Waals surface area contributed by atoms with Crippen molar-refractivity contribution in [3.63, 3.8) is 0 Å². The fourth-order valence-corrected chi connectivity index (χ4v) is 5.26. The molecule has 0 bridgehead atoms. The van der Waals surface area contributed by atoms with Crippen LogP contribution in [0.4, 0.5) is 0 Å². The number of aliphatic hydroxyl groups is 2. The van der Waals surface area contributed by atoms with Gasteiger partial charge in [0.15, 0.2) is 0 Å². The molecule has 4 aromatic rings. The lowest BCUT2D eigenvalue weighted by molar-refractivity contribution is -0.127. The van der Waals surface area contributed by atoms with Crippen LogP contribution < -0.4 is 10.6 Å². The summed E-state index contributed by atoms with van der Waals surface area (Å²) in [6.45, 7) is 0.0269. The van der Waals surface area contributed by atoms with Crippen molar-refractivity contribution in [2.45, 2.75) is 37.5 Å². The molecule has 0 fully saturated rings. The molecular weight excluding hydrogens is 476 g/mol. The largest absolute Gasteiger partial charge is 0.391 e. The van der Waals surface area contributed by atoms with E-state index < -0.39 is 24.2 Å². The van der Waals surface area contributed by atoms with Gasteiger partial charge in [0.05, 0.1) is 18.2 Å². The first-order valence-electron chi connectivity index (χ1n) is 13.0. The van der Waals surface area contributed by atoms with Gasteiger partial charge >= 0.3 is 0 Å². The van der Waals surface area contributed by atoms with Crippen molar-refractivity contribution in [2.75, 3.05) is 6.54 Å². The van der Waals surface area contributed by atoms with Crippen molar-refractivity contribution in [2.24, 2.45) is 5.92 Å². The molecule has 4 atom stereocenters. The van der Waals surface area contributed by atoms with Crippen molar-refractivity contribution < 1.29 is 19.8 Å². The third kappa shape index (κ3) is 5.93. The monoisotopic (exact) mass is 508 g/mol. The smallest absolute Gasteiger partial charge is 0.251 e. The minimum atomic E-state index is -0.917. The molecule has 6 heteroatoms. The van der Waals surface area contributed by atoms with Crippen LogP contribution in [0.15, 0.2) is 97.1 Å². The molecule has 0 heterocycles. The first kappa shape index (κ1) is 25.6. The highest BCUT2D eigenvalue weighted by Crippen LogP contribution is 2.32. The van der Waals surface area contributed by atoms with Gasteiger partial charge in [-0.2, -0.15) is 0 Å². The third-order valence-electron chi connectivity index (χ3n) is 7.26. The van der Waals surface area contributed by atoms with Gasteiger partial charge in [-0.3, -0.25) is 9.59 Å². The Hall–Kier alpha value is -4.00. The molecule has 38 heavy (non-hydrogen) atoms. The SMILES string of the molecule is O=C(NC[C@@H](O)C[C@@H](Cc1ccccc1)C(=O)N[C@H]1c2ccccc2C[C@H]1O)c1ccc2ccccc2c1. The minimum Gasteiger partial charge on any atom is -0.391 e. The molecule has 6 nitrogen and oxygen atoms in total. The van der Waals surface area contributed by atoms with Gasteiger partial charge in [0.25, 0.3) is 5.91 Å². The zero-order chi connectivity index (χ0) is 26.5. The average Bonchev–Trinajstić information content (AvgIpc) is 3.26. The fraction of sp³-hybridized carbons (Fsp3) is 0.250. The molecule has 0 saturated heterocycles. The van der Waals surface area contributed by atoms with Crippen LogP contribution in [-0.4, -0.2) is 40.8 Å². The second-order valence-corrected chi connectivity index (χ2v) is 10.0. The maximum atomic E-state index is 13.5. The summed E-state index contributed by atoms with van der Waals surface area (Å²) in [7, 11) is 0. The molecular formula is C32H32N2O4. The molecule has 4 N–H and O–H groups in total. The van der Waals surface area contributed by atoms with E-state index in [2.05, 4.69) is 10.6 Å². The van der Waals surface area contributed by atoms with Gasteiger partial charge < -0.3 is 20.8 Å². The number of amides is 2. The van der Waals surface area contributed by atoms with E-state index in [1.807, 2.05) is 91.0 Å². The Morgan fingerprint density at radius 3 is 2.39 bits per heavy atom. The second kappa shape index (κ2) is 11.6. The highest BCUT2D eigenvalue weighted by atomic mass is 16.3. The van der Waals surface area contributed by atoms with E-state index in [9.17, 15) is 19.8 Å². The maximum absolute atomic E-state index is 13.5. The van der Waals surface area contributed by atoms with Crippen LogP contribution in [0.1, 0.15) is 39.5 Å². The molecule has 5 rings (SSSR count). The molecule has 1 aliphatic rings. The zero-order valence-electron chi connectivity index (χ0n) is 21.1. The Morgan fingerprint density at radius 2 is 1.58 bits per heavy atom. The molecule has 0 saturated carbocycles. The van der Waals surface area contributed by atoms with Crippen molar-refractivity contribution in [3.8, 4) is 0 Å².